The molecule has 0 spiro atoms. The molecule has 0 bridgehead atoms. The average molecular weight is 354 g/mol. The summed E-state index contributed by atoms with van der Waals surface area (Å²) in [5, 5.41) is 7.62. The molecule has 0 aliphatic heterocycles. The third-order valence-corrected chi connectivity index (χ3v) is 8.82. The molecule has 1 aromatic heterocycles. The highest BCUT2D eigenvalue weighted by Gasteiger charge is 2.37. The lowest BCUT2D eigenvalue weighted by atomic mass is 10.1. The monoisotopic (exact) mass is 354 g/mol. The van der Waals surface area contributed by atoms with E-state index < -0.39 is 20.3 Å². The van der Waals surface area contributed by atoms with E-state index in [1.54, 1.807) is 0 Å². The van der Waals surface area contributed by atoms with Crippen LogP contribution in [0.2, 0.25) is 18.1 Å². The second kappa shape index (κ2) is 7.85. The Bertz CT molecular complexity index is 611. The van der Waals surface area contributed by atoms with Crippen molar-refractivity contribution >= 4 is 20.3 Å². The number of esters is 2. The van der Waals surface area contributed by atoms with Crippen molar-refractivity contribution in [3.8, 4) is 0 Å². The van der Waals surface area contributed by atoms with Crippen LogP contribution in [0.1, 0.15) is 47.3 Å². The molecule has 8 heteroatoms. The zero-order chi connectivity index (χ0) is 18.5. The minimum atomic E-state index is -1.90. The minimum Gasteiger partial charge on any atom is -0.464 e. The Morgan fingerprint density at radius 1 is 1.08 bits per heavy atom. The zero-order valence-corrected chi connectivity index (χ0v) is 16.4. The fraction of sp³-hybridized carbons (Fsp3) is 0.625. The minimum absolute atomic E-state index is 0.0486. The van der Waals surface area contributed by atoms with Crippen LogP contribution >= 0.6 is 0 Å². The number of rotatable bonds is 6. The largest absolute Gasteiger partial charge is 0.464 e. The molecule has 0 aliphatic carbocycles. The number of methoxy groups -OCH3 is 2. The fourth-order valence-corrected chi connectivity index (χ4v) is 2.77. The average Bonchev–Trinajstić information content (AvgIpc) is 2.52. The molecule has 1 heterocycles. The van der Waals surface area contributed by atoms with Crippen LogP contribution in [0.25, 0.3) is 0 Å². The topological polar surface area (TPSA) is 87.6 Å². The number of hydrogen-bond donors (Lipinski definition) is 0. The van der Waals surface area contributed by atoms with Gasteiger partial charge in [-0.2, -0.15) is 0 Å². The summed E-state index contributed by atoms with van der Waals surface area (Å²) in [4.78, 5) is 23.4. The number of nitrogens with zero attached hydrogens (tertiary/aromatic N) is 2. The normalized spacial score (nSPS) is 12.0. The highest BCUT2D eigenvalue weighted by molar-refractivity contribution is 6.74. The van der Waals surface area contributed by atoms with Gasteiger partial charge in [0, 0.05) is 6.61 Å². The summed E-state index contributed by atoms with van der Waals surface area (Å²) in [6, 6.07) is 1.50. The van der Waals surface area contributed by atoms with Crippen molar-refractivity contribution in [2.45, 2.75) is 45.3 Å². The van der Waals surface area contributed by atoms with Crippen molar-refractivity contribution in [2.75, 3.05) is 20.8 Å². The van der Waals surface area contributed by atoms with Gasteiger partial charge in [-0.25, -0.2) is 9.59 Å². The molecule has 0 fully saturated rings. The number of aromatic nitrogens is 2. The van der Waals surface area contributed by atoms with Crippen LogP contribution in [0.5, 0.6) is 0 Å². The summed E-state index contributed by atoms with van der Waals surface area (Å²) < 4.78 is 15.5. The van der Waals surface area contributed by atoms with E-state index in [0.717, 1.165) is 0 Å². The summed E-state index contributed by atoms with van der Waals surface area (Å²) in [5.74, 6) is -1.20. The zero-order valence-electron chi connectivity index (χ0n) is 15.4. The van der Waals surface area contributed by atoms with E-state index in [-0.39, 0.29) is 16.4 Å². The van der Waals surface area contributed by atoms with Crippen molar-refractivity contribution in [1.82, 2.24) is 10.2 Å². The Morgan fingerprint density at radius 2 is 1.67 bits per heavy atom. The molecule has 0 saturated carbocycles. The maximum absolute atomic E-state index is 11.8. The van der Waals surface area contributed by atoms with Gasteiger partial charge >= 0.3 is 11.9 Å². The standard InChI is InChI=1S/C16H26N2O5Si/c1-16(2,3)24(6,7)23-9-8-11-10-12(14(19)21-4)17-18-13(11)15(20)22-5/h10H,8-9H2,1-7H3. The van der Waals surface area contributed by atoms with Crippen molar-refractivity contribution in [3.63, 3.8) is 0 Å². The fourth-order valence-electron chi connectivity index (χ4n) is 1.73. The van der Waals surface area contributed by atoms with Crippen molar-refractivity contribution in [3.05, 3.63) is 23.0 Å². The molecule has 0 saturated heterocycles. The first kappa shape index (κ1) is 20.2. The van der Waals surface area contributed by atoms with E-state index in [1.807, 2.05) is 0 Å². The first-order valence-corrected chi connectivity index (χ1v) is 10.6. The van der Waals surface area contributed by atoms with Crippen LogP contribution in [0.3, 0.4) is 0 Å². The molecule has 0 N–H and O–H groups in total. The van der Waals surface area contributed by atoms with Crippen LogP contribution in [0.4, 0.5) is 0 Å². The Labute approximate surface area is 143 Å². The van der Waals surface area contributed by atoms with E-state index in [0.29, 0.717) is 18.6 Å². The van der Waals surface area contributed by atoms with Gasteiger partial charge in [0.05, 0.1) is 14.2 Å². The van der Waals surface area contributed by atoms with E-state index in [1.165, 1.54) is 20.3 Å². The molecule has 0 aliphatic rings. The van der Waals surface area contributed by atoms with Crippen molar-refractivity contribution in [2.24, 2.45) is 0 Å². The van der Waals surface area contributed by atoms with Crippen LogP contribution in [-0.4, -0.2) is 51.3 Å². The Balaban J connectivity index is 2.99. The van der Waals surface area contributed by atoms with Gasteiger partial charge in [0.1, 0.15) is 0 Å². The van der Waals surface area contributed by atoms with E-state index in [2.05, 4.69) is 48.8 Å². The van der Waals surface area contributed by atoms with Gasteiger partial charge in [-0.05, 0) is 36.2 Å². The number of hydrogen-bond acceptors (Lipinski definition) is 7. The number of carbonyl (C=O) groups excluding carboxylic acids is 2. The molecular weight excluding hydrogens is 328 g/mol. The third kappa shape index (κ3) is 4.84. The molecule has 0 radical (unpaired) electrons. The molecule has 7 nitrogen and oxygen atoms in total. The molecule has 0 unspecified atom stereocenters. The second-order valence-corrected chi connectivity index (χ2v) is 11.8. The van der Waals surface area contributed by atoms with Crippen LogP contribution in [-0.2, 0) is 20.3 Å². The van der Waals surface area contributed by atoms with E-state index in [4.69, 9.17) is 9.16 Å². The van der Waals surface area contributed by atoms with E-state index >= 15 is 0 Å². The lowest BCUT2D eigenvalue weighted by Crippen LogP contribution is -2.41. The van der Waals surface area contributed by atoms with Gasteiger partial charge in [-0.1, -0.05) is 20.8 Å². The van der Waals surface area contributed by atoms with E-state index in [9.17, 15) is 9.59 Å². The Hall–Kier alpha value is -1.80. The van der Waals surface area contributed by atoms with Crippen molar-refractivity contribution in [1.29, 1.82) is 0 Å². The summed E-state index contributed by atoms with van der Waals surface area (Å²) in [7, 11) is 0.637. The first-order chi connectivity index (χ1) is 11.0. The van der Waals surface area contributed by atoms with Gasteiger partial charge in [-0.15, -0.1) is 10.2 Å². The summed E-state index contributed by atoms with van der Waals surface area (Å²) >= 11 is 0. The van der Waals surface area contributed by atoms with Gasteiger partial charge in [0.2, 0.25) is 0 Å². The molecule has 134 valence electrons. The highest BCUT2D eigenvalue weighted by Crippen LogP contribution is 2.36. The molecule has 0 atom stereocenters. The quantitative estimate of drug-likeness (QED) is 0.573. The summed E-state index contributed by atoms with van der Waals surface area (Å²) in [5.41, 5.74) is 0.687. The van der Waals surface area contributed by atoms with Crippen molar-refractivity contribution < 1.29 is 23.5 Å². The summed E-state index contributed by atoms with van der Waals surface area (Å²) in [6.45, 7) is 11.2. The number of carbonyl (C=O) groups is 2. The lowest BCUT2D eigenvalue weighted by molar-refractivity contribution is 0.0572. The highest BCUT2D eigenvalue weighted by atomic mass is 28.4. The van der Waals surface area contributed by atoms with Crippen LogP contribution in [0.15, 0.2) is 6.07 Å². The predicted molar refractivity (Wildman–Crippen MR) is 91.6 cm³/mol. The molecule has 24 heavy (non-hydrogen) atoms. The third-order valence-electron chi connectivity index (χ3n) is 4.29. The van der Waals surface area contributed by atoms with Crippen LogP contribution in [0, 0.1) is 0 Å². The lowest BCUT2D eigenvalue weighted by Gasteiger charge is -2.36. The SMILES string of the molecule is COC(=O)c1cc(CCO[Si](C)(C)C(C)(C)C)c(C(=O)OC)nn1. The summed E-state index contributed by atoms with van der Waals surface area (Å²) in [6.07, 6.45) is 0.427. The molecular formula is C16H26N2O5Si. The molecule has 0 aromatic carbocycles. The maximum atomic E-state index is 11.8. The van der Waals surface area contributed by atoms with Gasteiger partial charge in [0.25, 0.3) is 0 Å². The molecule has 1 aromatic rings. The maximum Gasteiger partial charge on any atom is 0.358 e. The van der Waals surface area contributed by atoms with Gasteiger partial charge < -0.3 is 13.9 Å². The molecule has 1 rings (SSSR count). The Morgan fingerprint density at radius 3 is 2.17 bits per heavy atom. The second-order valence-electron chi connectivity index (χ2n) is 6.95. The predicted octanol–water partition coefficient (Wildman–Crippen LogP) is 2.61. The Kier molecular flexibility index (Phi) is 6.62. The number of ether oxygens (including phenoxy) is 2. The van der Waals surface area contributed by atoms with Crippen LogP contribution < -0.4 is 0 Å². The van der Waals surface area contributed by atoms with Gasteiger partial charge in [-0.3, -0.25) is 0 Å². The van der Waals surface area contributed by atoms with Gasteiger partial charge in [0.15, 0.2) is 19.7 Å². The first-order valence-electron chi connectivity index (χ1n) is 7.70. The molecule has 0 amide bonds. The smallest absolute Gasteiger partial charge is 0.358 e.